The van der Waals surface area contributed by atoms with Gasteiger partial charge in [-0.1, -0.05) is 6.07 Å². The van der Waals surface area contributed by atoms with Crippen molar-refractivity contribution in [3.63, 3.8) is 0 Å². The molecule has 0 amide bonds. The molecule has 3 rings (SSSR count). The lowest BCUT2D eigenvalue weighted by Crippen LogP contribution is -2.38. The number of hydrogen-bond donors (Lipinski definition) is 1. The van der Waals surface area contributed by atoms with Crippen LogP contribution < -0.4 is 10.2 Å². The number of pyridine rings is 1. The number of ether oxygens (including phenoxy) is 1. The van der Waals surface area contributed by atoms with E-state index < -0.39 is 0 Å². The van der Waals surface area contributed by atoms with Gasteiger partial charge in [0.05, 0.1) is 6.61 Å². The molecule has 0 unspecified atom stereocenters. The van der Waals surface area contributed by atoms with Gasteiger partial charge in [-0.25, -0.2) is 4.98 Å². The van der Waals surface area contributed by atoms with Gasteiger partial charge in [0.1, 0.15) is 5.82 Å². The van der Waals surface area contributed by atoms with Crippen LogP contribution in [-0.4, -0.2) is 44.9 Å². The van der Waals surface area contributed by atoms with E-state index in [-0.39, 0.29) is 0 Å². The van der Waals surface area contributed by atoms with Crippen LogP contribution in [0.15, 0.2) is 12.1 Å². The Balaban J connectivity index is 1.47. The van der Waals surface area contributed by atoms with Gasteiger partial charge in [0, 0.05) is 32.4 Å². The summed E-state index contributed by atoms with van der Waals surface area (Å²) in [6.45, 7) is 5.17. The average molecular weight is 289 g/mol. The van der Waals surface area contributed by atoms with E-state index in [1.54, 1.807) is 7.11 Å². The number of nitrogens with zero attached hydrogens (tertiary/aromatic N) is 2. The Bertz CT molecular complexity index is 455. The minimum absolute atomic E-state index is 0.799. The van der Waals surface area contributed by atoms with E-state index >= 15 is 0 Å². The molecule has 4 nitrogen and oxygen atoms in total. The van der Waals surface area contributed by atoms with Gasteiger partial charge in [-0.3, -0.25) is 0 Å². The van der Waals surface area contributed by atoms with E-state index in [0.29, 0.717) is 0 Å². The second-order valence-electron chi connectivity index (χ2n) is 6.26. The first-order valence-electron chi connectivity index (χ1n) is 8.30. The number of aromatic nitrogens is 1. The highest BCUT2D eigenvalue weighted by Crippen LogP contribution is 2.26. The Morgan fingerprint density at radius 2 is 2.14 bits per heavy atom. The van der Waals surface area contributed by atoms with Crippen LogP contribution in [-0.2, 0) is 17.6 Å². The van der Waals surface area contributed by atoms with Crippen LogP contribution in [0.4, 0.5) is 5.82 Å². The molecule has 4 heteroatoms. The molecule has 0 atom stereocenters. The summed E-state index contributed by atoms with van der Waals surface area (Å²) < 4.78 is 5.06. The number of fused-ring (bicyclic) bond motifs is 1. The van der Waals surface area contributed by atoms with Crippen LogP contribution in [0, 0.1) is 5.92 Å². The second kappa shape index (κ2) is 7.23. The van der Waals surface area contributed by atoms with Crippen molar-refractivity contribution >= 4 is 5.82 Å². The Hall–Kier alpha value is -1.13. The largest absolute Gasteiger partial charge is 0.383 e. The van der Waals surface area contributed by atoms with Crippen molar-refractivity contribution in [1.82, 2.24) is 10.3 Å². The van der Waals surface area contributed by atoms with E-state index in [2.05, 4.69) is 22.3 Å². The first-order chi connectivity index (χ1) is 10.4. The van der Waals surface area contributed by atoms with E-state index in [4.69, 9.17) is 9.72 Å². The number of hydrogen-bond acceptors (Lipinski definition) is 4. The number of rotatable bonds is 6. The third-order valence-electron chi connectivity index (χ3n) is 4.77. The van der Waals surface area contributed by atoms with Gasteiger partial charge in [-0.2, -0.15) is 0 Å². The van der Waals surface area contributed by atoms with Gasteiger partial charge in [-0.15, -0.1) is 0 Å². The topological polar surface area (TPSA) is 37.4 Å². The molecule has 1 aromatic rings. The molecule has 1 aliphatic heterocycles. The fourth-order valence-corrected chi connectivity index (χ4v) is 3.43. The van der Waals surface area contributed by atoms with Gasteiger partial charge >= 0.3 is 0 Å². The van der Waals surface area contributed by atoms with E-state index in [1.165, 1.54) is 49.2 Å². The lowest BCUT2D eigenvalue weighted by molar-refractivity contribution is 0.196. The molecule has 116 valence electrons. The summed E-state index contributed by atoms with van der Waals surface area (Å²) >= 11 is 0. The normalized spacial score (nSPS) is 19.0. The van der Waals surface area contributed by atoms with Crippen LogP contribution in [0.5, 0.6) is 0 Å². The summed E-state index contributed by atoms with van der Waals surface area (Å²) in [7, 11) is 1.75. The molecule has 0 bridgehead atoms. The maximum Gasteiger partial charge on any atom is 0.128 e. The standard InChI is InChI=1S/C17H27N3O/c1-21-12-9-18-13-14-7-10-20(11-8-14)17-6-5-15-3-2-4-16(15)19-17/h5-6,14,18H,2-4,7-13H2,1H3. The molecule has 2 aliphatic rings. The fraction of sp³-hybridized carbons (Fsp3) is 0.706. The number of nitrogens with one attached hydrogen (secondary N) is 1. The zero-order valence-corrected chi connectivity index (χ0v) is 13.1. The summed E-state index contributed by atoms with van der Waals surface area (Å²) in [5, 5.41) is 3.49. The molecule has 0 saturated carbocycles. The molecule has 1 fully saturated rings. The third-order valence-corrected chi connectivity index (χ3v) is 4.77. The van der Waals surface area contributed by atoms with Crippen molar-refractivity contribution in [1.29, 1.82) is 0 Å². The van der Waals surface area contributed by atoms with E-state index in [1.807, 2.05) is 0 Å². The molecule has 1 aromatic heterocycles. The van der Waals surface area contributed by atoms with Crippen LogP contribution in [0.1, 0.15) is 30.5 Å². The van der Waals surface area contributed by atoms with Crippen LogP contribution in [0.2, 0.25) is 0 Å². The summed E-state index contributed by atoms with van der Waals surface area (Å²) in [4.78, 5) is 7.34. The minimum Gasteiger partial charge on any atom is -0.383 e. The van der Waals surface area contributed by atoms with E-state index in [9.17, 15) is 0 Å². The molecule has 0 radical (unpaired) electrons. The summed E-state index contributed by atoms with van der Waals surface area (Å²) in [5.74, 6) is 1.99. The minimum atomic E-state index is 0.799. The molecular formula is C17H27N3O. The highest BCUT2D eigenvalue weighted by molar-refractivity contribution is 5.43. The van der Waals surface area contributed by atoms with Crippen molar-refractivity contribution in [3.05, 3.63) is 23.4 Å². The summed E-state index contributed by atoms with van der Waals surface area (Å²) in [5.41, 5.74) is 2.81. The van der Waals surface area contributed by atoms with Crippen molar-refractivity contribution < 1.29 is 4.74 Å². The number of piperidine rings is 1. The summed E-state index contributed by atoms with van der Waals surface area (Å²) in [6, 6.07) is 4.52. The fourth-order valence-electron chi connectivity index (χ4n) is 3.43. The van der Waals surface area contributed by atoms with Gasteiger partial charge in [0.25, 0.3) is 0 Å². The Kier molecular flexibility index (Phi) is 5.09. The Labute approximate surface area is 127 Å². The van der Waals surface area contributed by atoms with Crippen LogP contribution in [0.3, 0.4) is 0 Å². The number of methoxy groups -OCH3 is 1. The number of aryl methyl sites for hydroxylation is 2. The quantitative estimate of drug-likeness (QED) is 0.813. The summed E-state index contributed by atoms with van der Waals surface area (Å²) in [6.07, 6.45) is 6.19. The molecule has 1 N–H and O–H groups in total. The molecule has 0 spiro atoms. The molecule has 1 aliphatic carbocycles. The maximum absolute atomic E-state index is 5.06. The Morgan fingerprint density at radius 1 is 1.29 bits per heavy atom. The van der Waals surface area contributed by atoms with Crippen molar-refractivity contribution in [2.75, 3.05) is 44.8 Å². The molecule has 2 heterocycles. The monoisotopic (exact) mass is 289 g/mol. The lowest BCUT2D eigenvalue weighted by atomic mass is 9.97. The van der Waals surface area contributed by atoms with Crippen LogP contribution in [0.25, 0.3) is 0 Å². The predicted molar refractivity (Wildman–Crippen MR) is 85.9 cm³/mol. The van der Waals surface area contributed by atoms with E-state index in [0.717, 1.165) is 38.7 Å². The zero-order chi connectivity index (χ0) is 14.5. The SMILES string of the molecule is COCCNCC1CCN(c2ccc3c(n2)CCC3)CC1. The Morgan fingerprint density at radius 3 is 2.95 bits per heavy atom. The van der Waals surface area contributed by atoms with Gasteiger partial charge in [-0.05, 0) is 56.2 Å². The first-order valence-corrected chi connectivity index (χ1v) is 8.30. The van der Waals surface area contributed by atoms with Crippen molar-refractivity contribution in [2.45, 2.75) is 32.1 Å². The molecule has 0 aromatic carbocycles. The maximum atomic E-state index is 5.06. The lowest BCUT2D eigenvalue weighted by Gasteiger charge is -2.33. The average Bonchev–Trinajstić information content (AvgIpc) is 3.00. The highest BCUT2D eigenvalue weighted by Gasteiger charge is 2.21. The third kappa shape index (κ3) is 3.74. The first kappa shape index (κ1) is 14.8. The second-order valence-corrected chi connectivity index (χ2v) is 6.26. The molecule has 1 saturated heterocycles. The van der Waals surface area contributed by atoms with Gasteiger partial charge in [0.2, 0.25) is 0 Å². The van der Waals surface area contributed by atoms with Gasteiger partial charge in [0.15, 0.2) is 0 Å². The van der Waals surface area contributed by atoms with Crippen LogP contribution >= 0.6 is 0 Å². The number of anilines is 1. The van der Waals surface area contributed by atoms with Crippen molar-refractivity contribution in [3.8, 4) is 0 Å². The highest BCUT2D eigenvalue weighted by atomic mass is 16.5. The molecule has 21 heavy (non-hydrogen) atoms. The zero-order valence-electron chi connectivity index (χ0n) is 13.1. The molecular weight excluding hydrogens is 262 g/mol. The smallest absolute Gasteiger partial charge is 0.128 e. The predicted octanol–water partition coefficient (Wildman–Crippen LogP) is 2.02. The van der Waals surface area contributed by atoms with Crippen molar-refractivity contribution in [2.24, 2.45) is 5.92 Å². The van der Waals surface area contributed by atoms with Gasteiger partial charge < -0.3 is 15.0 Å².